The van der Waals surface area contributed by atoms with Gasteiger partial charge in [-0.2, -0.15) is 4.98 Å². The zero-order valence-corrected chi connectivity index (χ0v) is 45.6. The van der Waals surface area contributed by atoms with Crippen molar-refractivity contribution in [2.24, 2.45) is 11.3 Å². The number of halogens is 1. The fraction of sp³-hybridized carbons (Fsp3) is 0.448. The largest absolute Gasteiger partial charge is 0.629 e. The number of fused-ring (bicyclic) bond motifs is 1. The molecule has 1 spiro atoms. The maximum Gasteiger partial charge on any atom is 0.268 e. The molecule has 2 saturated heterocycles. The molecule has 18 nitrogen and oxygen atoms in total. The lowest BCUT2D eigenvalue weighted by Gasteiger charge is -2.58. The average Bonchev–Trinajstić information content (AvgIpc) is 3.84. The van der Waals surface area contributed by atoms with E-state index in [9.17, 15) is 23.5 Å². The second-order valence-electron chi connectivity index (χ2n) is 21.7. The van der Waals surface area contributed by atoms with E-state index in [2.05, 4.69) is 57.7 Å². The molecule has 1 amide bonds. The third-order valence-electron chi connectivity index (χ3n) is 16.5. The number of methoxy groups -OCH3 is 3. The van der Waals surface area contributed by atoms with Crippen LogP contribution < -0.4 is 38.9 Å². The van der Waals surface area contributed by atoms with Crippen LogP contribution in [0, 0.1) is 28.9 Å². The van der Waals surface area contributed by atoms with E-state index in [4.69, 9.17) is 25.4 Å². The second kappa shape index (κ2) is 22.5. The molecule has 5 heterocycles. The molecular formula is C58H68FN9O9S. The van der Waals surface area contributed by atoms with Crippen LogP contribution in [0.4, 0.5) is 21.6 Å². The van der Waals surface area contributed by atoms with E-state index in [1.54, 1.807) is 26.4 Å². The Balaban J connectivity index is 0.851. The van der Waals surface area contributed by atoms with Crippen molar-refractivity contribution in [1.82, 2.24) is 29.5 Å². The molecule has 0 bridgehead atoms. The fourth-order valence-corrected chi connectivity index (χ4v) is 13.0. The van der Waals surface area contributed by atoms with E-state index in [-0.39, 0.29) is 68.7 Å². The van der Waals surface area contributed by atoms with E-state index >= 15 is 4.39 Å². The van der Waals surface area contributed by atoms with Crippen LogP contribution in [-0.2, 0) is 23.0 Å². The number of rotatable bonds is 17. The van der Waals surface area contributed by atoms with Gasteiger partial charge >= 0.3 is 0 Å². The highest BCUT2D eigenvalue weighted by Gasteiger charge is 2.50. The number of aliphatic hydroxyl groups is 1. The van der Waals surface area contributed by atoms with Gasteiger partial charge in [0.15, 0.2) is 17.3 Å². The first-order valence-corrected chi connectivity index (χ1v) is 28.1. The molecule has 2 aromatic carbocycles. The Labute approximate surface area is 455 Å². The van der Waals surface area contributed by atoms with Crippen molar-refractivity contribution in [3.05, 3.63) is 118 Å². The van der Waals surface area contributed by atoms with Crippen molar-refractivity contribution in [3.63, 3.8) is 0 Å². The number of hydrogen-bond donors (Lipinski definition) is 4. The van der Waals surface area contributed by atoms with E-state index < -0.39 is 32.4 Å². The number of nitrogens with zero attached hydrogens (tertiary/aromatic N) is 6. The van der Waals surface area contributed by atoms with Crippen LogP contribution in [0.15, 0.2) is 83.9 Å². The third kappa shape index (κ3) is 11.6. The predicted octanol–water partition coefficient (Wildman–Crippen LogP) is 6.96. The van der Waals surface area contributed by atoms with Crippen molar-refractivity contribution < 1.29 is 46.7 Å². The summed E-state index contributed by atoms with van der Waals surface area (Å²) in [5, 5.41) is 26.1. The molecule has 78 heavy (non-hydrogen) atoms. The number of carbonyl (C=O) groups excluding carboxylic acids is 1. The summed E-state index contributed by atoms with van der Waals surface area (Å²) < 4.78 is 68.1. The predicted molar refractivity (Wildman–Crippen MR) is 293 cm³/mol. The van der Waals surface area contributed by atoms with Crippen LogP contribution in [0.2, 0.25) is 0 Å². The number of ether oxygens (including phenoxy) is 4. The lowest BCUT2D eigenvalue weighted by Crippen LogP contribution is -2.98. The Morgan fingerprint density at radius 2 is 1.68 bits per heavy atom. The van der Waals surface area contributed by atoms with Crippen LogP contribution in [0.5, 0.6) is 29.1 Å². The van der Waals surface area contributed by atoms with Crippen LogP contribution >= 0.6 is 0 Å². The molecule has 0 radical (unpaired) electrons. The summed E-state index contributed by atoms with van der Waals surface area (Å²) >= 11 is 0. The van der Waals surface area contributed by atoms with Crippen molar-refractivity contribution in [3.8, 4) is 41.5 Å². The lowest BCUT2D eigenvalue weighted by atomic mass is 9.59. The fourth-order valence-electron chi connectivity index (χ4n) is 12.0. The Morgan fingerprint density at radius 3 is 2.37 bits per heavy atom. The average molecular weight is 1090 g/mol. The monoisotopic (exact) mass is 1090 g/mol. The highest BCUT2D eigenvalue weighted by molar-refractivity contribution is 7.90. The first-order valence-electron chi connectivity index (χ1n) is 26.6. The van der Waals surface area contributed by atoms with E-state index in [0.29, 0.717) is 49.4 Å². The smallest absolute Gasteiger partial charge is 0.268 e. The van der Waals surface area contributed by atoms with E-state index in [0.717, 1.165) is 99.8 Å². The highest BCUT2D eigenvalue weighted by Crippen LogP contribution is 2.53. The minimum absolute atomic E-state index is 0.00223. The third-order valence-corrected chi connectivity index (χ3v) is 17.8. The minimum atomic E-state index is -4.60. The molecule has 2 saturated carbocycles. The van der Waals surface area contributed by atoms with Gasteiger partial charge in [0, 0.05) is 105 Å². The number of anilines is 2. The molecule has 10 rings (SSSR count). The molecule has 2 aliphatic heterocycles. The van der Waals surface area contributed by atoms with Crippen molar-refractivity contribution >= 4 is 38.9 Å². The van der Waals surface area contributed by atoms with Gasteiger partial charge in [0.25, 0.3) is 21.8 Å². The maximum atomic E-state index is 15.0. The number of allylic oxidation sites excluding steroid dienone is 1. The van der Waals surface area contributed by atoms with Crippen LogP contribution in [-0.4, -0.2) is 123 Å². The summed E-state index contributed by atoms with van der Waals surface area (Å²) in [5.74, 6) is 3.05. The molecule has 412 valence electrons. The van der Waals surface area contributed by atoms with E-state index in [1.807, 2.05) is 31.2 Å². The first-order chi connectivity index (χ1) is 37.5. The van der Waals surface area contributed by atoms with Gasteiger partial charge in [-0.15, -0.1) is 6.42 Å². The van der Waals surface area contributed by atoms with Gasteiger partial charge in [-0.3, -0.25) is 14.6 Å². The van der Waals surface area contributed by atoms with Gasteiger partial charge in [0.2, 0.25) is 11.8 Å². The van der Waals surface area contributed by atoms with Gasteiger partial charge < -0.3 is 44.5 Å². The molecule has 4 N–H and O–H groups in total. The van der Waals surface area contributed by atoms with Crippen molar-refractivity contribution in [1.29, 1.82) is 0 Å². The lowest BCUT2D eigenvalue weighted by molar-refractivity contribution is -0.751. The number of amides is 1. The van der Waals surface area contributed by atoms with Crippen molar-refractivity contribution in [2.45, 2.75) is 93.8 Å². The van der Waals surface area contributed by atoms with Crippen molar-refractivity contribution in [2.75, 3.05) is 77.9 Å². The molecule has 3 aliphatic carbocycles. The number of aromatic nitrogens is 3. The topological polar surface area (TPSA) is 208 Å². The normalized spacial score (nSPS) is 21.9. The number of quaternary nitrogens is 1. The van der Waals surface area contributed by atoms with Gasteiger partial charge in [-0.05, 0) is 111 Å². The number of hydroxylamine groups is 1. The van der Waals surface area contributed by atoms with Crippen LogP contribution in [0.1, 0.15) is 103 Å². The Kier molecular flexibility index (Phi) is 15.7. The summed E-state index contributed by atoms with van der Waals surface area (Å²) in [4.78, 5) is 34.5. The van der Waals surface area contributed by atoms with Gasteiger partial charge in [0.1, 0.15) is 16.5 Å². The molecule has 1 unspecified atom stereocenters. The number of terminal acetylenes is 1. The van der Waals surface area contributed by atoms with Gasteiger partial charge in [-0.25, -0.2) is 27.5 Å². The number of benzene rings is 2. The van der Waals surface area contributed by atoms with Gasteiger partial charge in [-0.1, -0.05) is 24.1 Å². The summed E-state index contributed by atoms with van der Waals surface area (Å²) in [6.45, 7) is 7.01. The first kappa shape index (κ1) is 54.5. The zero-order valence-electron chi connectivity index (χ0n) is 44.8. The molecule has 2 atom stereocenters. The minimum Gasteiger partial charge on any atom is -0.629 e. The summed E-state index contributed by atoms with van der Waals surface area (Å²) in [5.41, 5.74) is 3.91. The molecular weight excluding hydrogens is 1020 g/mol. The maximum absolute atomic E-state index is 15.0. The summed E-state index contributed by atoms with van der Waals surface area (Å²) in [7, 11) is 1.33. The molecule has 20 heteroatoms. The SMILES string of the molecule is C#Cc1ccccc1[C@@H]1CN(Cc2cc(OC)nc(OC)c2)CCN1C1CC2(CCN(c3ccc(C(=O)NS(=O)(=O)c4cnc(NCC5CCC(C)(O)CC5)c([NH+](C)[O-])c4)c(Oc4cc5c(nc4OC)CC=C5F)c3)CC2)C1. The molecule has 4 fully saturated rings. The highest BCUT2D eigenvalue weighted by atomic mass is 32.2. The number of pyridine rings is 3. The number of piperidine rings is 1. The summed E-state index contributed by atoms with van der Waals surface area (Å²) in [6, 6.07) is 20.2. The zero-order chi connectivity index (χ0) is 54.9. The standard InChI is InChI=1S/C58H68FN9O9S/c1-7-39-10-8-9-11-43(39)49-36-66(35-38-26-52(74-4)63-53(27-38)75-5)24-25-68(49)41-31-58(32-41)20-22-67(23-21-58)40-12-13-44(50(28-40)77-51-30-45-46(59)14-15-47(45)62-56(51)76-6)55(69)64-78(72,73)42-29-48(65(3)71)54(61-34-42)60-33-37-16-18-57(2,70)19-17-37/h1,8-14,26-30,34,37,41,49,65,70H,15-25,31-33,35-36H2,2-6H3,(H,60,61)(H,64,69)/t37?,49-,57?/m0/s1. The molecule has 5 aromatic rings. The molecule has 5 aliphatic rings. The number of nitrogens with one attached hydrogen (secondary N) is 3. The van der Waals surface area contributed by atoms with Gasteiger partial charge in [0.05, 0.1) is 51.4 Å². The van der Waals surface area contributed by atoms with Crippen LogP contribution in [0.3, 0.4) is 0 Å². The Morgan fingerprint density at radius 1 is 0.949 bits per heavy atom. The number of sulfonamides is 1. The number of carbonyl (C=O) groups is 1. The molecule has 3 aromatic heterocycles. The number of hydrogen-bond acceptors (Lipinski definition) is 16. The Hall–Kier alpha value is -6.86. The quantitative estimate of drug-likeness (QED) is 0.0548. The second-order valence-corrected chi connectivity index (χ2v) is 23.4. The summed E-state index contributed by atoms with van der Waals surface area (Å²) in [6.07, 6.45) is 15.7. The van der Waals surface area contributed by atoms with E-state index in [1.165, 1.54) is 38.4 Å². The van der Waals surface area contributed by atoms with Crippen LogP contribution in [0.25, 0.3) is 5.83 Å². The Bertz CT molecular complexity index is 3210. The number of piperazine rings is 1.